The number of imidazole rings is 1. The highest BCUT2D eigenvalue weighted by Gasteiger charge is 2.32. The van der Waals surface area contributed by atoms with E-state index in [1.54, 1.807) is 21.2 Å². The fraction of sp³-hybridized carbons (Fsp3) is 0.667. The molecule has 0 amide bonds. The van der Waals surface area contributed by atoms with Crippen molar-refractivity contribution in [2.24, 2.45) is 0 Å². The van der Waals surface area contributed by atoms with Crippen LogP contribution >= 0.6 is 11.3 Å². The van der Waals surface area contributed by atoms with E-state index in [-0.39, 0.29) is 11.7 Å². The number of rotatable bonds is 5. The van der Waals surface area contributed by atoms with Gasteiger partial charge in [-0.25, -0.2) is 22.7 Å². The Bertz CT molecular complexity index is 872. The molecular formula is C18H26N4O2S2. The molecule has 1 saturated heterocycles. The number of nitrogens with zero attached hydrogens (tertiary/aromatic N) is 4. The average Bonchev–Trinajstić information content (AvgIpc) is 3.26. The van der Waals surface area contributed by atoms with Crippen LogP contribution in [0.5, 0.6) is 0 Å². The molecule has 0 aromatic carbocycles. The lowest BCUT2D eigenvalue weighted by molar-refractivity contribution is 0.302. The van der Waals surface area contributed by atoms with Crippen molar-refractivity contribution >= 4 is 21.4 Å². The van der Waals surface area contributed by atoms with Gasteiger partial charge in [-0.1, -0.05) is 0 Å². The third-order valence-corrected chi connectivity index (χ3v) is 8.44. The number of piperidine rings is 1. The molecule has 4 heterocycles. The van der Waals surface area contributed by atoms with Crippen molar-refractivity contribution in [2.45, 2.75) is 57.9 Å². The molecule has 2 aliphatic rings. The molecule has 0 bridgehead atoms. The fourth-order valence-corrected chi connectivity index (χ4v) is 6.55. The van der Waals surface area contributed by atoms with Crippen LogP contribution in [0.3, 0.4) is 0 Å². The first-order valence-electron chi connectivity index (χ1n) is 9.45. The minimum absolute atomic E-state index is 0.169. The van der Waals surface area contributed by atoms with E-state index in [9.17, 15) is 8.42 Å². The summed E-state index contributed by atoms with van der Waals surface area (Å²) in [6, 6.07) is 0. The molecule has 8 heteroatoms. The number of thiazole rings is 1. The second kappa shape index (κ2) is 7.40. The lowest BCUT2D eigenvalue weighted by Gasteiger charge is -2.32. The Kier molecular flexibility index (Phi) is 5.16. The highest BCUT2D eigenvalue weighted by Crippen LogP contribution is 2.30. The lowest BCUT2D eigenvalue weighted by Crippen LogP contribution is -2.41. The third kappa shape index (κ3) is 3.59. The normalized spacial score (nSPS) is 21.7. The molecule has 1 fully saturated rings. The summed E-state index contributed by atoms with van der Waals surface area (Å²) in [5.74, 6) is 1.48. The van der Waals surface area contributed by atoms with Crippen LogP contribution in [-0.4, -0.2) is 46.1 Å². The van der Waals surface area contributed by atoms with Gasteiger partial charge in [0.1, 0.15) is 5.82 Å². The van der Waals surface area contributed by atoms with E-state index in [4.69, 9.17) is 0 Å². The van der Waals surface area contributed by atoms with E-state index < -0.39 is 10.0 Å². The van der Waals surface area contributed by atoms with E-state index in [0.717, 1.165) is 42.2 Å². The van der Waals surface area contributed by atoms with E-state index in [1.165, 1.54) is 18.5 Å². The molecule has 6 nitrogen and oxygen atoms in total. The summed E-state index contributed by atoms with van der Waals surface area (Å²) in [4.78, 5) is 9.96. The average molecular weight is 395 g/mol. The Morgan fingerprint density at radius 1 is 1.23 bits per heavy atom. The minimum Gasteiger partial charge on any atom is -0.332 e. The van der Waals surface area contributed by atoms with Crippen LogP contribution in [0, 0.1) is 6.92 Å². The number of aryl methyl sites for hydroxylation is 3. The van der Waals surface area contributed by atoms with Gasteiger partial charge in [-0.05, 0) is 45.4 Å². The Labute approximate surface area is 159 Å². The van der Waals surface area contributed by atoms with E-state index in [1.807, 2.05) is 13.1 Å². The molecular weight excluding hydrogens is 368 g/mol. The molecule has 4 rings (SSSR count). The summed E-state index contributed by atoms with van der Waals surface area (Å²) in [7, 11) is -3.25. The van der Waals surface area contributed by atoms with Crippen LogP contribution in [0.2, 0.25) is 0 Å². The van der Waals surface area contributed by atoms with Gasteiger partial charge in [-0.2, -0.15) is 0 Å². The quantitative estimate of drug-likeness (QED) is 0.782. The van der Waals surface area contributed by atoms with Crippen molar-refractivity contribution < 1.29 is 8.42 Å². The molecule has 142 valence electrons. The molecule has 1 unspecified atom stereocenters. The molecule has 0 spiro atoms. The van der Waals surface area contributed by atoms with Gasteiger partial charge in [0.25, 0.3) is 0 Å². The van der Waals surface area contributed by atoms with Gasteiger partial charge in [-0.3, -0.25) is 0 Å². The zero-order valence-electron chi connectivity index (χ0n) is 15.2. The second-order valence-electron chi connectivity index (χ2n) is 7.34. The smallest absolute Gasteiger partial charge is 0.214 e. The number of hydrogen-bond donors (Lipinski definition) is 0. The summed E-state index contributed by atoms with van der Waals surface area (Å²) in [6.07, 6.45) is 8.00. The largest absolute Gasteiger partial charge is 0.332 e. The SMILES string of the molecule is Cc1ncsc1CCS(=O)(=O)N1CCCC(c2ncc3n2CCCC3)C1. The van der Waals surface area contributed by atoms with Gasteiger partial charge in [0.05, 0.1) is 17.0 Å². The first kappa shape index (κ1) is 18.1. The Balaban J connectivity index is 1.46. The Morgan fingerprint density at radius 2 is 2.12 bits per heavy atom. The molecule has 1 atom stereocenters. The van der Waals surface area contributed by atoms with Crippen molar-refractivity contribution in [1.82, 2.24) is 18.8 Å². The Hall–Kier alpha value is -1.25. The van der Waals surface area contributed by atoms with Crippen LogP contribution in [0.1, 0.15) is 53.7 Å². The molecule has 2 aliphatic heterocycles. The summed E-state index contributed by atoms with van der Waals surface area (Å²) < 4.78 is 29.8. The molecule has 2 aromatic heterocycles. The number of aromatic nitrogens is 3. The second-order valence-corrected chi connectivity index (χ2v) is 10.4. The standard InChI is InChI=1S/C18H26N4O2S2/c1-14-17(25-13-20-14)7-10-26(23,24)21-8-4-5-15(12-21)18-19-11-16-6-2-3-9-22(16)18/h11,13,15H,2-10,12H2,1H3. The molecule has 0 saturated carbocycles. The monoisotopic (exact) mass is 394 g/mol. The highest BCUT2D eigenvalue weighted by molar-refractivity contribution is 7.89. The van der Waals surface area contributed by atoms with Gasteiger partial charge >= 0.3 is 0 Å². The first-order valence-corrected chi connectivity index (χ1v) is 11.9. The van der Waals surface area contributed by atoms with Crippen LogP contribution in [0.25, 0.3) is 0 Å². The maximum absolute atomic E-state index is 12.9. The van der Waals surface area contributed by atoms with E-state index in [2.05, 4.69) is 14.5 Å². The van der Waals surface area contributed by atoms with Crippen molar-refractivity contribution in [3.8, 4) is 0 Å². The first-order chi connectivity index (χ1) is 12.5. The zero-order valence-corrected chi connectivity index (χ0v) is 16.9. The lowest BCUT2D eigenvalue weighted by atomic mass is 9.98. The highest BCUT2D eigenvalue weighted by atomic mass is 32.2. The van der Waals surface area contributed by atoms with Crippen LogP contribution in [0.4, 0.5) is 0 Å². The van der Waals surface area contributed by atoms with Gasteiger partial charge in [0.2, 0.25) is 10.0 Å². The summed E-state index contributed by atoms with van der Waals surface area (Å²) >= 11 is 1.54. The van der Waals surface area contributed by atoms with Crippen LogP contribution in [-0.2, 0) is 29.4 Å². The molecule has 26 heavy (non-hydrogen) atoms. The number of hydrogen-bond acceptors (Lipinski definition) is 5. The maximum atomic E-state index is 12.9. The third-order valence-electron chi connectivity index (χ3n) is 5.61. The van der Waals surface area contributed by atoms with E-state index >= 15 is 0 Å². The van der Waals surface area contributed by atoms with Crippen molar-refractivity contribution in [3.05, 3.63) is 33.8 Å². The van der Waals surface area contributed by atoms with Crippen molar-refractivity contribution in [3.63, 3.8) is 0 Å². The Morgan fingerprint density at radius 3 is 2.92 bits per heavy atom. The minimum atomic E-state index is -3.25. The summed E-state index contributed by atoms with van der Waals surface area (Å²) in [5.41, 5.74) is 4.05. The molecule has 0 aliphatic carbocycles. The fourth-order valence-electron chi connectivity index (χ4n) is 4.11. The maximum Gasteiger partial charge on any atom is 0.214 e. The van der Waals surface area contributed by atoms with E-state index in [0.29, 0.717) is 19.5 Å². The number of sulfonamides is 1. The van der Waals surface area contributed by atoms with Crippen LogP contribution < -0.4 is 0 Å². The van der Waals surface area contributed by atoms with Crippen molar-refractivity contribution in [1.29, 1.82) is 0 Å². The van der Waals surface area contributed by atoms with Gasteiger partial charge in [0, 0.05) is 42.3 Å². The van der Waals surface area contributed by atoms with Gasteiger partial charge in [-0.15, -0.1) is 11.3 Å². The predicted molar refractivity (Wildman–Crippen MR) is 103 cm³/mol. The van der Waals surface area contributed by atoms with Crippen molar-refractivity contribution in [2.75, 3.05) is 18.8 Å². The van der Waals surface area contributed by atoms with Crippen LogP contribution in [0.15, 0.2) is 11.7 Å². The summed E-state index contributed by atoms with van der Waals surface area (Å²) in [5, 5.41) is 0. The summed E-state index contributed by atoms with van der Waals surface area (Å²) in [6.45, 7) is 4.17. The zero-order chi connectivity index (χ0) is 18.1. The predicted octanol–water partition coefficient (Wildman–Crippen LogP) is 2.74. The molecule has 2 aromatic rings. The topological polar surface area (TPSA) is 68.1 Å². The molecule has 0 N–H and O–H groups in total. The molecule has 0 radical (unpaired) electrons. The van der Waals surface area contributed by atoms with Gasteiger partial charge in [0.15, 0.2) is 0 Å². The number of fused-ring (bicyclic) bond motifs is 1. The van der Waals surface area contributed by atoms with Gasteiger partial charge < -0.3 is 4.57 Å².